The van der Waals surface area contributed by atoms with Gasteiger partial charge in [-0.15, -0.1) is 0 Å². The molecule has 0 N–H and O–H groups in total. The molecule has 0 aromatic heterocycles. The fourth-order valence-corrected chi connectivity index (χ4v) is 1.28. The molecule has 0 atom stereocenters. The van der Waals surface area contributed by atoms with Gasteiger partial charge < -0.3 is 5.53 Å². The van der Waals surface area contributed by atoms with E-state index >= 15 is 0 Å². The van der Waals surface area contributed by atoms with Crippen molar-refractivity contribution in [2.24, 2.45) is 0 Å². The number of hydrogen-bond donors (Lipinski definition) is 0. The van der Waals surface area contributed by atoms with E-state index in [-0.39, 0.29) is 5.04 Å². The van der Waals surface area contributed by atoms with Crippen LogP contribution in [0.1, 0.15) is 13.8 Å². The first-order valence-electron chi connectivity index (χ1n) is 3.05. The fourth-order valence-electron chi connectivity index (χ4n) is 0.455. The lowest BCUT2D eigenvalue weighted by Crippen LogP contribution is -2.22. The monoisotopic (exact) mass is 174 g/mol. The fraction of sp³-hybridized carbons (Fsp3) is 0.500. The molecule has 4 nitrogen and oxygen atoms in total. The van der Waals surface area contributed by atoms with Crippen LogP contribution < -0.4 is 0 Å². The van der Waals surface area contributed by atoms with Crippen LogP contribution in [0.4, 0.5) is 0 Å². The number of nitrogens with zero attached hydrogens (tertiary/aromatic N) is 2. The highest BCUT2D eigenvalue weighted by atomic mass is 32.2. The highest BCUT2D eigenvalue weighted by molar-refractivity contribution is 8.07. The van der Waals surface area contributed by atoms with Gasteiger partial charge in [0.2, 0.25) is 0 Å². The molecule has 0 saturated heterocycles. The van der Waals surface area contributed by atoms with E-state index < -0.39 is 15.1 Å². The Hall–Kier alpha value is -0.930. The smallest absolute Gasteiger partial charge is 0.360 e. The zero-order valence-corrected chi connectivity index (χ0v) is 7.30. The van der Waals surface area contributed by atoms with Gasteiger partial charge >= 0.3 is 5.04 Å². The van der Waals surface area contributed by atoms with E-state index in [1.807, 2.05) is 0 Å². The van der Waals surface area contributed by atoms with Gasteiger partial charge in [-0.05, 0) is 13.8 Å². The van der Waals surface area contributed by atoms with E-state index in [0.717, 1.165) is 6.08 Å². The summed E-state index contributed by atoms with van der Waals surface area (Å²) in [7, 11) is -3.46. The molecule has 62 valence electrons. The molecule has 0 bridgehead atoms. The third-order valence-electron chi connectivity index (χ3n) is 1.19. The first kappa shape index (κ1) is 10.1. The van der Waals surface area contributed by atoms with Crippen molar-refractivity contribution >= 4 is 14.9 Å². The zero-order valence-electron chi connectivity index (χ0n) is 6.48. The predicted molar refractivity (Wildman–Crippen MR) is 42.9 cm³/mol. The van der Waals surface area contributed by atoms with Gasteiger partial charge in [0.25, 0.3) is 9.84 Å². The van der Waals surface area contributed by atoms with Crippen molar-refractivity contribution in [2.45, 2.75) is 19.1 Å². The van der Waals surface area contributed by atoms with E-state index in [9.17, 15) is 8.42 Å². The molecule has 0 fully saturated rings. The van der Waals surface area contributed by atoms with Crippen molar-refractivity contribution in [3.05, 3.63) is 18.2 Å². The minimum atomic E-state index is -3.46. The van der Waals surface area contributed by atoms with Crippen LogP contribution in [0.5, 0.6) is 0 Å². The van der Waals surface area contributed by atoms with Gasteiger partial charge in [-0.25, -0.2) is 8.42 Å². The minimum Gasteiger partial charge on any atom is -0.360 e. The van der Waals surface area contributed by atoms with Crippen LogP contribution in [0.2, 0.25) is 0 Å². The van der Waals surface area contributed by atoms with E-state index in [1.54, 1.807) is 0 Å². The molecule has 0 radical (unpaired) electrons. The second-order valence-corrected chi connectivity index (χ2v) is 4.69. The quantitative estimate of drug-likeness (QED) is 0.266. The number of rotatable bonds is 2. The van der Waals surface area contributed by atoms with E-state index in [1.165, 1.54) is 13.8 Å². The average Bonchev–Trinajstić information content (AvgIpc) is 1.89. The molecule has 0 saturated carbocycles. The van der Waals surface area contributed by atoms with Crippen molar-refractivity contribution in [1.82, 2.24) is 0 Å². The van der Waals surface area contributed by atoms with Gasteiger partial charge in [0.1, 0.15) is 0 Å². The predicted octanol–water partition coefficient (Wildman–Crippen LogP) is 0.624. The summed E-state index contributed by atoms with van der Waals surface area (Å²) in [5.41, 5.74) is 8.25. The Morgan fingerprint density at radius 3 is 2.18 bits per heavy atom. The Kier molecular flexibility index (Phi) is 3.17. The van der Waals surface area contributed by atoms with Gasteiger partial charge in [0.15, 0.2) is 0 Å². The van der Waals surface area contributed by atoms with E-state index in [2.05, 4.69) is 11.4 Å². The van der Waals surface area contributed by atoms with Crippen molar-refractivity contribution in [2.75, 3.05) is 0 Å². The first-order valence-corrected chi connectivity index (χ1v) is 4.59. The maximum Gasteiger partial charge on any atom is 0.404 e. The Morgan fingerprint density at radius 1 is 1.64 bits per heavy atom. The molecule has 0 aliphatic rings. The molecule has 0 spiro atoms. The summed E-state index contributed by atoms with van der Waals surface area (Å²) in [6.45, 7) is 6.22. The number of sulfone groups is 1. The Bertz CT molecular complexity index is 297. The lowest BCUT2D eigenvalue weighted by atomic mass is 10.6. The molecule has 0 aliphatic carbocycles. The average molecular weight is 174 g/mol. The van der Waals surface area contributed by atoms with Gasteiger partial charge in [0, 0.05) is 6.08 Å². The van der Waals surface area contributed by atoms with Crippen molar-refractivity contribution in [3.8, 4) is 0 Å². The van der Waals surface area contributed by atoms with Crippen LogP contribution in [-0.2, 0) is 9.84 Å². The van der Waals surface area contributed by atoms with Crippen LogP contribution in [0.15, 0.2) is 12.7 Å². The molecule has 5 heteroatoms. The SMILES string of the molecule is C=CC(=[N+]=[N-])S(=O)(=O)C(C)C. The summed E-state index contributed by atoms with van der Waals surface area (Å²) in [5, 5.41) is -0.973. The first-order chi connectivity index (χ1) is 4.96. The molecule has 0 aliphatic heterocycles. The molecule has 11 heavy (non-hydrogen) atoms. The van der Waals surface area contributed by atoms with Crippen LogP contribution in [0, 0.1) is 0 Å². The maximum absolute atomic E-state index is 11.1. The molecule has 0 rings (SSSR count). The van der Waals surface area contributed by atoms with Crippen LogP contribution in [0.25, 0.3) is 5.53 Å². The lowest BCUT2D eigenvalue weighted by Gasteiger charge is -1.98. The van der Waals surface area contributed by atoms with Gasteiger partial charge in [-0.3, -0.25) is 0 Å². The largest absolute Gasteiger partial charge is 0.404 e. The maximum atomic E-state index is 11.1. The summed E-state index contributed by atoms with van der Waals surface area (Å²) >= 11 is 0. The Balaban J connectivity index is 5.17. The van der Waals surface area contributed by atoms with Crippen molar-refractivity contribution in [3.63, 3.8) is 0 Å². The van der Waals surface area contributed by atoms with Crippen molar-refractivity contribution in [1.29, 1.82) is 0 Å². The van der Waals surface area contributed by atoms with E-state index in [0.29, 0.717) is 0 Å². The molecule has 0 aromatic rings. The normalized spacial score (nSPS) is 10.8. The Labute approximate surface area is 66.1 Å². The second-order valence-electron chi connectivity index (χ2n) is 2.24. The van der Waals surface area contributed by atoms with Crippen LogP contribution in [-0.4, -0.2) is 23.5 Å². The summed E-state index contributed by atoms with van der Waals surface area (Å²) in [6.07, 6.45) is 1.01. The molecular formula is C6H10N2O2S. The third kappa shape index (κ3) is 2.00. The van der Waals surface area contributed by atoms with Crippen LogP contribution in [0.3, 0.4) is 0 Å². The summed E-state index contributed by atoms with van der Waals surface area (Å²) in [4.78, 5) is 2.61. The zero-order chi connectivity index (χ0) is 9.07. The Morgan fingerprint density at radius 2 is 2.09 bits per heavy atom. The highest BCUT2D eigenvalue weighted by Gasteiger charge is 2.28. The molecule has 0 aromatic carbocycles. The summed E-state index contributed by atoms with van der Waals surface area (Å²) < 4.78 is 22.3. The highest BCUT2D eigenvalue weighted by Crippen LogP contribution is 2.01. The lowest BCUT2D eigenvalue weighted by molar-refractivity contribution is 0.00120. The van der Waals surface area contributed by atoms with E-state index in [4.69, 9.17) is 5.53 Å². The van der Waals surface area contributed by atoms with Crippen molar-refractivity contribution < 1.29 is 13.2 Å². The standard InChI is InChI=1S/C6H10N2O2S/c1-4-6(8-7)11(9,10)5(2)3/h4-5H,1H2,2-3H3. The number of hydrogen-bond acceptors (Lipinski definition) is 2. The van der Waals surface area contributed by atoms with Crippen LogP contribution >= 0.6 is 0 Å². The summed E-state index contributed by atoms with van der Waals surface area (Å²) in [5.74, 6) is 0. The molecule has 0 unspecified atom stereocenters. The van der Waals surface area contributed by atoms with Gasteiger partial charge in [-0.1, -0.05) is 6.58 Å². The van der Waals surface area contributed by atoms with Gasteiger partial charge in [-0.2, -0.15) is 4.79 Å². The summed E-state index contributed by atoms with van der Waals surface area (Å²) in [6, 6.07) is 0. The topological polar surface area (TPSA) is 70.5 Å². The second kappa shape index (κ2) is 3.46. The third-order valence-corrected chi connectivity index (χ3v) is 3.26. The molecule has 0 heterocycles. The molecule has 0 amide bonds. The van der Waals surface area contributed by atoms with Gasteiger partial charge in [0.05, 0.1) is 5.25 Å². The molecular weight excluding hydrogens is 164 g/mol. The minimum absolute atomic E-state index is 0.382.